The van der Waals surface area contributed by atoms with Crippen molar-refractivity contribution in [1.82, 2.24) is 0 Å². The summed E-state index contributed by atoms with van der Waals surface area (Å²) < 4.78 is 4.91. The fraction of sp³-hybridized carbons (Fsp3) is 1.00. The molecule has 7 heavy (non-hydrogen) atoms. The molecule has 0 aromatic rings. The Kier molecular flexibility index (Phi) is 15.4. The minimum atomic E-state index is 0. The number of unbranched alkanes of at least 4 members (excludes halogenated alkanes) is 1. The van der Waals surface area contributed by atoms with Crippen LogP contribution in [0.1, 0.15) is 19.8 Å². The second-order valence-corrected chi connectivity index (χ2v) is 2.12. The average Bonchev–Trinajstić information content (AvgIpc) is 1.61. The minimum absolute atomic E-state index is 0. The van der Waals surface area contributed by atoms with Crippen molar-refractivity contribution >= 4 is 12.4 Å². The molecule has 0 aromatic heterocycles. The van der Waals surface area contributed by atoms with Gasteiger partial charge in [0, 0.05) is 0 Å². The van der Waals surface area contributed by atoms with E-state index in [1.54, 1.807) is 0 Å². The zero-order valence-corrected chi connectivity index (χ0v) is 8.43. The van der Waals surface area contributed by atoms with Gasteiger partial charge in [0.1, 0.15) is 0 Å². The molecule has 0 bridgehead atoms. The molecule has 0 saturated heterocycles. The molecule has 0 aliphatic rings. The maximum Gasteiger partial charge on any atom is -0.147 e. The van der Waals surface area contributed by atoms with E-state index in [9.17, 15) is 0 Å². The molecule has 0 spiro atoms. The van der Waals surface area contributed by atoms with Crippen molar-refractivity contribution in [2.75, 3.05) is 6.61 Å². The van der Waals surface area contributed by atoms with Gasteiger partial charge in [-0.2, -0.15) is 0 Å². The van der Waals surface area contributed by atoms with Crippen LogP contribution in [-0.2, 0) is 22.2 Å². The van der Waals surface area contributed by atoms with Crippen molar-refractivity contribution in [3.63, 3.8) is 0 Å². The largest absolute Gasteiger partial charge is 0.147 e. The maximum absolute atomic E-state index is 4.91. The van der Waals surface area contributed by atoms with E-state index in [-0.39, 0.29) is 12.4 Å². The smallest absolute Gasteiger partial charge is 0.147 e. The summed E-state index contributed by atoms with van der Waals surface area (Å²) in [6.07, 6.45) is 2.47. The van der Waals surface area contributed by atoms with Crippen LogP contribution < -0.4 is 0 Å². The van der Waals surface area contributed by atoms with Crippen molar-refractivity contribution in [2.45, 2.75) is 19.8 Å². The number of halogens is 1. The Morgan fingerprint density at radius 2 is 2.14 bits per heavy atom. The molecule has 0 atom stereocenters. The number of rotatable bonds is 3. The average molecular weight is 175 g/mol. The number of hydrogen-bond acceptors (Lipinski definition) is 1. The van der Waals surface area contributed by atoms with Crippen molar-refractivity contribution < 1.29 is 22.2 Å². The summed E-state index contributed by atoms with van der Waals surface area (Å²) in [7, 11) is 0. The zero-order valence-electron chi connectivity index (χ0n) is 4.64. The Hall–Kier alpha value is 0.873. The van der Waals surface area contributed by atoms with Crippen molar-refractivity contribution in [1.29, 1.82) is 0 Å². The Balaban J connectivity index is 0. The molecular formula is C4H10ClOZn. The first-order valence-corrected chi connectivity index (χ1v) is 3.50. The molecule has 41 valence electrons. The Bertz CT molecular complexity index is 23.7. The monoisotopic (exact) mass is 173 g/mol. The Morgan fingerprint density at radius 1 is 1.57 bits per heavy atom. The third-order valence-electron chi connectivity index (χ3n) is 0.642. The van der Waals surface area contributed by atoms with Crippen LogP contribution >= 0.6 is 12.4 Å². The van der Waals surface area contributed by atoms with Crippen LogP contribution in [0.4, 0.5) is 0 Å². The van der Waals surface area contributed by atoms with Gasteiger partial charge < -0.3 is 0 Å². The first-order valence-electron chi connectivity index (χ1n) is 2.28. The summed E-state index contributed by atoms with van der Waals surface area (Å²) in [5.74, 6) is 0. The van der Waals surface area contributed by atoms with Crippen LogP contribution in [-0.4, -0.2) is 6.61 Å². The SMILES string of the molecule is CCCC[O][Zn].Cl. The van der Waals surface area contributed by atoms with Gasteiger partial charge in [0.15, 0.2) is 0 Å². The molecule has 0 aliphatic heterocycles. The molecule has 0 fully saturated rings. The first-order chi connectivity index (χ1) is 2.91. The molecule has 3 heteroatoms. The molecule has 0 saturated carbocycles. The summed E-state index contributed by atoms with van der Waals surface area (Å²) in [4.78, 5) is 0. The third-order valence-corrected chi connectivity index (χ3v) is 1.25. The quantitative estimate of drug-likeness (QED) is 0.468. The molecule has 0 aromatic carbocycles. The molecule has 0 rings (SSSR count). The van der Waals surface area contributed by atoms with E-state index in [0.717, 1.165) is 25.3 Å². The summed E-state index contributed by atoms with van der Waals surface area (Å²) >= 11 is 0.986. The summed E-state index contributed by atoms with van der Waals surface area (Å²) in [6, 6.07) is 0. The van der Waals surface area contributed by atoms with E-state index >= 15 is 0 Å². The molecule has 0 amide bonds. The molecule has 0 aliphatic carbocycles. The summed E-state index contributed by atoms with van der Waals surface area (Å²) in [6.45, 7) is 3.13. The van der Waals surface area contributed by atoms with Gasteiger partial charge in [-0.3, -0.25) is 0 Å². The minimum Gasteiger partial charge on any atom is -0.147 e. The molecule has 1 nitrogen and oxygen atoms in total. The normalized spacial score (nSPS) is 7.86. The predicted octanol–water partition coefficient (Wildman–Crippen LogP) is 1.69. The maximum atomic E-state index is 4.91. The van der Waals surface area contributed by atoms with E-state index in [2.05, 4.69) is 6.92 Å². The standard InChI is InChI=1S/C4H9O.ClH.Zn/c1-2-3-4-5;;/h2-4H2,1H3;1H;/q-1;;+1. The van der Waals surface area contributed by atoms with Gasteiger partial charge in [-0.25, -0.2) is 0 Å². The van der Waals surface area contributed by atoms with E-state index in [0.29, 0.717) is 0 Å². The Morgan fingerprint density at radius 3 is 2.29 bits per heavy atom. The second-order valence-electron chi connectivity index (χ2n) is 1.26. The molecule has 0 radical (unpaired) electrons. The van der Waals surface area contributed by atoms with E-state index < -0.39 is 0 Å². The van der Waals surface area contributed by atoms with Crippen LogP contribution in [0.25, 0.3) is 0 Å². The second kappa shape index (κ2) is 9.98. The first kappa shape index (κ1) is 10.8. The van der Waals surface area contributed by atoms with Crippen molar-refractivity contribution in [3.8, 4) is 0 Å². The van der Waals surface area contributed by atoms with Crippen LogP contribution in [0, 0.1) is 0 Å². The van der Waals surface area contributed by atoms with Gasteiger partial charge in [0.25, 0.3) is 0 Å². The van der Waals surface area contributed by atoms with E-state index in [1.165, 1.54) is 12.8 Å². The molecular weight excluding hydrogens is 165 g/mol. The van der Waals surface area contributed by atoms with Gasteiger partial charge in [-0.05, 0) is 0 Å². The zero-order chi connectivity index (χ0) is 4.83. The van der Waals surface area contributed by atoms with Crippen LogP contribution in [0.3, 0.4) is 0 Å². The van der Waals surface area contributed by atoms with Gasteiger partial charge in [0.2, 0.25) is 0 Å². The van der Waals surface area contributed by atoms with Gasteiger partial charge in [-0.1, -0.05) is 0 Å². The fourth-order valence-corrected chi connectivity index (χ4v) is 0.675. The summed E-state index contributed by atoms with van der Waals surface area (Å²) in [5.41, 5.74) is 0. The van der Waals surface area contributed by atoms with Crippen LogP contribution in [0.5, 0.6) is 0 Å². The van der Waals surface area contributed by atoms with E-state index in [1.807, 2.05) is 0 Å². The molecule has 0 unspecified atom stereocenters. The summed E-state index contributed by atoms with van der Waals surface area (Å²) in [5, 5.41) is 0. The topological polar surface area (TPSA) is 9.23 Å². The van der Waals surface area contributed by atoms with Crippen molar-refractivity contribution in [2.24, 2.45) is 0 Å². The Labute approximate surface area is 61.3 Å². The van der Waals surface area contributed by atoms with Gasteiger partial charge in [-0.15, -0.1) is 12.4 Å². The van der Waals surface area contributed by atoms with Gasteiger partial charge >= 0.3 is 48.6 Å². The predicted molar refractivity (Wildman–Crippen MR) is 28.1 cm³/mol. The molecule has 0 N–H and O–H groups in total. The van der Waals surface area contributed by atoms with Crippen LogP contribution in [0.2, 0.25) is 0 Å². The molecule has 0 heterocycles. The van der Waals surface area contributed by atoms with Crippen molar-refractivity contribution in [3.05, 3.63) is 0 Å². The van der Waals surface area contributed by atoms with Crippen LogP contribution in [0.15, 0.2) is 0 Å². The third kappa shape index (κ3) is 10.9. The van der Waals surface area contributed by atoms with E-state index in [4.69, 9.17) is 3.56 Å². The number of hydrogen-bond donors (Lipinski definition) is 0. The van der Waals surface area contributed by atoms with Gasteiger partial charge in [0.05, 0.1) is 0 Å². The fourth-order valence-electron chi connectivity index (χ4n) is 0.246.